The summed E-state index contributed by atoms with van der Waals surface area (Å²) in [4.78, 5) is 31.0. The van der Waals surface area contributed by atoms with Crippen molar-refractivity contribution in [3.05, 3.63) is 36.2 Å². The fourth-order valence-corrected chi connectivity index (χ4v) is 2.98. The SMILES string of the molecule is CC(C)C[C@@H]1C(=O)NCCN1C(=O)c1cnn(-c2ccccn2)c1N. The molecule has 1 saturated heterocycles. The smallest absolute Gasteiger partial charge is 0.259 e. The van der Waals surface area contributed by atoms with Crippen LogP contribution in [0.5, 0.6) is 0 Å². The first kappa shape index (κ1) is 16.9. The van der Waals surface area contributed by atoms with Crippen molar-refractivity contribution in [3.63, 3.8) is 0 Å². The molecule has 3 N–H and O–H groups in total. The predicted molar refractivity (Wildman–Crippen MR) is 93.1 cm³/mol. The second-order valence-corrected chi connectivity index (χ2v) is 6.48. The summed E-state index contributed by atoms with van der Waals surface area (Å²) in [6.07, 6.45) is 3.67. The van der Waals surface area contributed by atoms with E-state index < -0.39 is 6.04 Å². The standard InChI is InChI=1S/C17H22N6O2/c1-11(2)9-13-16(24)20-7-8-22(13)17(25)12-10-21-23(15(12)18)14-5-3-4-6-19-14/h3-6,10-11,13H,7-9,18H2,1-2H3,(H,20,24)/t13-/m1/s1. The summed E-state index contributed by atoms with van der Waals surface area (Å²) >= 11 is 0. The van der Waals surface area contributed by atoms with Crippen LogP contribution in [0.2, 0.25) is 0 Å². The monoisotopic (exact) mass is 342 g/mol. The van der Waals surface area contributed by atoms with Crippen LogP contribution in [-0.4, -0.2) is 50.6 Å². The number of nitrogen functional groups attached to an aromatic ring is 1. The number of carbonyl (C=O) groups is 2. The number of nitrogens with two attached hydrogens (primary N) is 1. The van der Waals surface area contributed by atoms with Crippen LogP contribution in [0.1, 0.15) is 30.6 Å². The van der Waals surface area contributed by atoms with Crippen LogP contribution in [0.25, 0.3) is 5.82 Å². The summed E-state index contributed by atoms with van der Waals surface area (Å²) in [5, 5.41) is 7.01. The topological polar surface area (TPSA) is 106 Å². The highest BCUT2D eigenvalue weighted by molar-refractivity contribution is 6.01. The number of pyridine rings is 1. The largest absolute Gasteiger partial charge is 0.383 e. The van der Waals surface area contributed by atoms with Gasteiger partial charge in [-0.15, -0.1) is 0 Å². The van der Waals surface area contributed by atoms with Crippen molar-refractivity contribution in [1.82, 2.24) is 25.0 Å². The molecule has 0 spiro atoms. The Morgan fingerprint density at radius 2 is 2.24 bits per heavy atom. The Labute approximate surface area is 146 Å². The van der Waals surface area contributed by atoms with Crippen molar-refractivity contribution < 1.29 is 9.59 Å². The van der Waals surface area contributed by atoms with Gasteiger partial charge in [0.05, 0.1) is 6.20 Å². The highest BCUT2D eigenvalue weighted by Crippen LogP contribution is 2.22. The van der Waals surface area contributed by atoms with E-state index in [1.54, 1.807) is 23.2 Å². The van der Waals surface area contributed by atoms with Gasteiger partial charge in [-0.2, -0.15) is 9.78 Å². The zero-order valence-corrected chi connectivity index (χ0v) is 14.3. The van der Waals surface area contributed by atoms with E-state index in [2.05, 4.69) is 15.4 Å². The van der Waals surface area contributed by atoms with E-state index >= 15 is 0 Å². The number of nitrogens with one attached hydrogen (secondary N) is 1. The highest BCUT2D eigenvalue weighted by atomic mass is 16.2. The minimum atomic E-state index is -0.487. The third kappa shape index (κ3) is 3.33. The van der Waals surface area contributed by atoms with Gasteiger partial charge in [-0.05, 0) is 24.5 Å². The Morgan fingerprint density at radius 1 is 1.44 bits per heavy atom. The number of carbonyl (C=O) groups excluding carboxylic acids is 2. The first-order valence-electron chi connectivity index (χ1n) is 8.32. The molecule has 25 heavy (non-hydrogen) atoms. The quantitative estimate of drug-likeness (QED) is 0.856. The molecule has 1 fully saturated rings. The number of hydrogen-bond acceptors (Lipinski definition) is 5. The van der Waals surface area contributed by atoms with Gasteiger partial charge in [-0.3, -0.25) is 9.59 Å². The Hall–Kier alpha value is -2.90. The molecule has 8 heteroatoms. The zero-order chi connectivity index (χ0) is 18.0. The predicted octanol–water partition coefficient (Wildman–Crippen LogP) is 0.836. The number of rotatable bonds is 4. The van der Waals surface area contributed by atoms with Gasteiger partial charge < -0.3 is 16.0 Å². The maximum atomic E-state index is 13.0. The van der Waals surface area contributed by atoms with E-state index in [1.807, 2.05) is 19.9 Å². The van der Waals surface area contributed by atoms with Crippen LogP contribution >= 0.6 is 0 Å². The van der Waals surface area contributed by atoms with Crippen molar-refractivity contribution >= 4 is 17.6 Å². The lowest BCUT2D eigenvalue weighted by Gasteiger charge is -2.35. The first-order chi connectivity index (χ1) is 12.0. The van der Waals surface area contributed by atoms with Crippen LogP contribution in [0.4, 0.5) is 5.82 Å². The van der Waals surface area contributed by atoms with E-state index in [0.717, 1.165) is 0 Å². The van der Waals surface area contributed by atoms with Gasteiger partial charge in [0.25, 0.3) is 5.91 Å². The minimum absolute atomic E-state index is 0.121. The van der Waals surface area contributed by atoms with Crippen LogP contribution in [0.3, 0.4) is 0 Å². The molecule has 0 aromatic carbocycles. The van der Waals surface area contributed by atoms with Gasteiger partial charge in [0.1, 0.15) is 17.4 Å². The molecule has 0 saturated carbocycles. The number of anilines is 1. The van der Waals surface area contributed by atoms with Crippen LogP contribution in [0.15, 0.2) is 30.6 Å². The fourth-order valence-electron chi connectivity index (χ4n) is 2.98. The molecule has 8 nitrogen and oxygen atoms in total. The second kappa shape index (κ2) is 6.92. The molecule has 3 heterocycles. The number of nitrogens with zero attached hydrogens (tertiary/aromatic N) is 4. The molecule has 132 valence electrons. The molecule has 1 aliphatic heterocycles. The van der Waals surface area contributed by atoms with Crippen LogP contribution < -0.4 is 11.1 Å². The van der Waals surface area contributed by atoms with E-state index in [4.69, 9.17) is 5.73 Å². The maximum absolute atomic E-state index is 13.0. The second-order valence-electron chi connectivity index (χ2n) is 6.48. The number of hydrogen-bond donors (Lipinski definition) is 2. The average Bonchev–Trinajstić information content (AvgIpc) is 2.98. The molecular formula is C17H22N6O2. The molecule has 1 atom stereocenters. The summed E-state index contributed by atoms with van der Waals surface area (Å²) in [5.41, 5.74) is 6.42. The Kier molecular flexibility index (Phi) is 4.69. The van der Waals surface area contributed by atoms with Crippen molar-refractivity contribution in [2.75, 3.05) is 18.8 Å². The minimum Gasteiger partial charge on any atom is -0.383 e. The molecular weight excluding hydrogens is 320 g/mol. The van der Waals surface area contributed by atoms with Gasteiger partial charge in [0, 0.05) is 19.3 Å². The normalized spacial score (nSPS) is 17.6. The molecule has 2 amide bonds. The molecule has 0 unspecified atom stereocenters. The average molecular weight is 342 g/mol. The van der Waals surface area contributed by atoms with Crippen molar-refractivity contribution in [1.29, 1.82) is 0 Å². The molecule has 0 bridgehead atoms. The summed E-state index contributed by atoms with van der Waals surface area (Å²) in [7, 11) is 0. The van der Waals surface area contributed by atoms with Gasteiger partial charge in [-0.25, -0.2) is 4.98 Å². The van der Waals surface area contributed by atoms with Crippen LogP contribution in [-0.2, 0) is 4.79 Å². The lowest BCUT2D eigenvalue weighted by Crippen LogP contribution is -2.57. The van der Waals surface area contributed by atoms with Gasteiger partial charge in [-0.1, -0.05) is 19.9 Å². The van der Waals surface area contributed by atoms with Crippen molar-refractivity contribution in [3.8, 4) is 5.82 Å². The van der Waals surface area contributed by atoms with E-state index in [1.165, 1.54) is 10.9 Å². The van der Waals surface area contributed by atoms with Crippen molar-refractivity contribution in [2.45, 2.75) is 26.3 Å². The molecule has 3 rings (SSSR count). The van der Waals surface area contributed by atoms with Crippen LogP contribution in [0, 0.1) is 5.92 Å². The number of aromatic nitrogens is 3. The van der Waals surface area contributed by atoms with E-state index in [9.17, 15) is 9.59 Å². The number of amides is 2. The summed E-state index contributed by atoms with van der Waals surface area (Å²) in [5.74, 6) is 0.647. The van der Waals surface area contributed by atoms with Crippen molar-refractivity contribution in [2.24, 2.45) is 5.92 Å². The first-order valence-corrected chi connectivity index (χ1v) is 8.32. The van der Waals surface area contributed by atoms with Gasteiger partial charge in [0.15, 0.2) is 5.82 Å². The van der Waals surface area contributed by atoms with Gasteiger partial charge >= 0.3 is 0 Å². The molecule has 1 aliphatic rings. The number of piperazine rings is 1. The lowest BCUT2D eigenvalue weighted by molar-refractivity contribution is -0.128. The summed E-state index contributed by atoms with van der Waals surface area (Å²) < 4.78 is 1.43. The Balaban J connectivity index is 1.90. The maximum Gasteiger partial charge on any atom is 0.259 e. The molecule has 0 radical (unpaired) electrons. The Bertz CT molecular complexity index is 771. The Morgan fingerprint density at radius 3 is 2.92 bits per heavy atom. The fraction of sp³-hybridized carbons (Fsp3) is 0.412. The zero-order valence-electron chi connectivity index (χ0n) is 14.3. The molecule has 2 aromatic heterocycles. The van der Waals surface area contributed by atoms with E-state index in [-0.39, 0.29) is 29.1 Å². The third-order valence-corrected chi connectivity index (χ3v) is 4.19. The lowest BCUT2D eigenvalue weighted by atomic mass is 9.99. The summed E-state index contributed by atoms with van der Waals surface area (Å²) in [6, 6.07) is 4.88. The molecule has 2 aromatic rings. The summed E-state index contributed by atoms with van der Waals surface area (Å²) in [6.45, 7) is 4.94. The van der Waals surface area contributed by atoms with E-state index in [0.29, 0.717) is 25.3 Å². The highest BCUT2D eigenvalue weighted by Gasteiger charge is 2.35. The third-order valence-electron chi connectivity index (χ3n) is 4.19. The molecule has 0 aliphatic carbocycles. The van der Waals surface area contributed by atoms with Gasteiger partial charge in [0.2, 0.25) is 5.91 Å².